The van der Waals surface area contributed by atoms with Crippen LogP contribution in [-0.4, -0.2) is 35.6 Å². The molecule has 3 aromatic rings. The number of benzene rings is 2. The molecule has 1 atom stereocenters. The van der Waals surface area contributed by atoms with E-state index in [-0.39, 0.29) is 11.8 Å². The van der Waals surface area contributed by atoms with Gasteiger partial charge < -0.3 is 15.0 Å². The molecule has 6 nitrogen and oxygen atoms in total. The Labute approximate surface area is 189 Å². The molecule has 1 aromatic heterocycles. The summed E-state index contributed by atoms with van der Waals surface area (Å²) >= 11 is 0. The zero-order valence-electron chi connectivity index (χ0n) is 18.5. The fourth-order valence-corrected chi connectivity index (χ4v) is 3.91. The van der Waals surface area contributed by atoms with Crippen molar-refractivity contribution >= 4 is 11.7 Å². The summed E-state index contributed by atoms with van der Waals surface area (Å²) < 4.78 is 5.62. The van der Waals surface area contributed by atoms with E-state index in [2.05, 4.69) is 22.1 Å². The van der Waals surface area contributed by atoms with Crippen molar-refractivity contribution in [3.05, 3.63) is 72.4 Å². The summed E-state index contributed by atoms with van der Waals surface area (Å²) in [5.41, 5.74) is 2.06. The predicted octanol–water partition coefficient (Wildman–Crippen LogP) is 4.47. The Hall–Kier alpha value is -3.41. The molecule has 32 heavy (non-hydrogen) atoms. The van der Waals surface area contributed by atoms with Crippen molar-refractivity contribution in [2.24, 2.45) is 5.92 Å². The lowest BCUT2D eigenvalue weighted by molar-refractivity contribution is -0.125. The van der Waals surface area contributed by atoms with Gasteiger partial charge in [0, 0.05) is 31.4 Å². The van der Waals surface area contributed by atoms with E-state index in [1.165, 1.54) is 0 Å². The van der Waals surface area contributed by atoms with Crippen molar-refractivity contribution in [3.8, 4) is 17.1 Å². The van der Waals surface area contributed by atoms with Gasteiger partial charge in [-0.25, -0.2) is 9.97 Å². The molecule has 2 aromatic carbocycles. The highest BCUT2D eigenvalue weighted by Crippen LogP contribution is 2.24. The molecule has 1 aliphatic rings. The summed E-state index contributed by atoms with van der Waals surface area (Å²) in [6.45, 7) is 4.89. The number of nitrogens with zero attached hydrogens (tertiary/aromatic N) is 3. The van der Waals surface area contributed by atoms with Gasteiger partial charge in [0.25, 0.3) is 0 Å². The molecule has 0 bridgehead atoms. The summed E-state index contributed by atoms with van der Waals surface area (Å²) in [6.07, 6.45) is 4.63. The zero-order valence-corrected chi connectivity index (χ0v) is 18.5. The van der Waals surface area contributed by atoms with Crippen molar-refractivity contribution in [2.75, 3.05) is 24.6 Å². The van der Waals surface area contributed by atoms with E-state index in [9.17, 15) is 4.79 Å². The average Bonchev–Trinajstić information content (AvgIpc) is 2.87. The van der Waals surface area contributed by atoms with Gasteiger partial charge in [0.05, 0.1) is 12.5 Å². The number of piperidine rings is 1. The molecule has 166 valence electrons. The molecule has 0 saturated carbocycles. The van der Waals surface area contributed by atoms with Gasteiger partial charge >= 0.3 is 0 Å². The van der Waals surface area contributed by atoms with E-state index in [0.717, 1.165) is 48.5 Å². The van der Waals surface area contributed by atoms with Crippen LogP contribution in [0, 0.1) is 5.92 Å². The third-order valence-corrected chi connectivity index (χ3v) is 5.65. The molecule has 1 saturated heterocycles. The van der Waals surface area contributed by atoms with Crippen LogP contribution in [0.1, 0.15) is 31.7 Å². The minimum Gasteiger partial charge on any atom is -0.494 e. The topological polar surface area (TPSA) is 67.3 Å². The van der Waals surface area contributed by atoms with Crippen LogP contribution < -0.4 is 15.0 Å². The summed E-state index contributed by atoms with van der Waals surface area (Å²) in [4.78, 5) is 24.2. The Morgan fingerprint density at radius 3 is 2.72 bits per heavy atom. The Balaban J connectivity index is 1.34. The van der Waals surface area contributed by atoms with Crippen molar-refractivity contribution < 1.29 is 9.53 Å². The largest absolute Gasteiger partial charge is 0.494 e. The second kappa shape index (κ2) is 10.8. The number of amides is 1. The van der Waals surface area contributed by atoms with Crippen molar-refractivity contribution in [2.45, 2.75) is 32.7 Å². The molecular weight excluding hydrogens is 400 g/mol. The third kappa shape index (κ3) is 5.63. The monoisotopic (exact) mass is 430 g/mol. The molecular formula is C26H30N4O2. The fraction of sp³-hybridized carbons (Fsp3) is 0.346. The molecule has 6 heteroatoms. The van der Waals surface area contributed by atoms with Gasteiger partial charge in [-0.05, 0) is 43.0 Å². The molecule has 1 fully saturated rings. The number of rotatable bonds is 8. The fourth-order valence-electron chi connectivity index (χ4n) is 3.91. The molecule has 0 aliphatic carbocycles. The van der Waals surface area contributed by atoms with Crippen LogP contribution in [0.15, 0.2) is 66.9 Å². The van der Waals surface area contributed by atoms with Crippen LogP contribution in [0.4, 0.5) is 5.82 Å². The maximum Gasteiger partial charge on any atom is 0.225 e. The first-order valence-corrected chi connectivity index (χ1v) is 11.4. The Kier molecular flexibility index (Phi) is 7.33. The molecule has 1 N–H and O–H groups in total. The number of hydrogen-bond donors (Lipinski definition) is 1. The summed E-state index contributed by atoms with van der Waals surface area (Å²) in [5.74, 6) is 2.49. The van der Waals surface area contributed by atoms with E-state index in [0.29, 0.717) is 25.5 Å². The van der Waals surface area contributed by atoms with E-state index in [4.69, 9.17) is 9.72 Å². The van der Waals surface area contributed by atoms with Gasteiger partial charge in [-0.3, -0.25) is 4.79 Å². The average molecular weight is 431 g/mol. The van der Waals surface area contributed by atoms with Crippen LogP contribution >= 0.6 is 0 Å². The predicted molar refractivity (Wildman–Crippen MR) is 126 cm³/mol. The molecule has 0 spiro atoms. The molecule has 0 radical (unpaired) electrons. The van der Waals surface area contributed by atoms with Crippen molar-refractivity contribution in [1.29, 1.82) is 0 Å². The first kappa shape index (κ1) is 21.8. The number of carbonyl (C=O) groups excluding carboxylic acids is 1. The van der Waals surface area contributed by atoms with Crippen molar-refractivity contribution in [1.82, 2.24) is 15.3 Å². The van der Waals surface area contributed by atoms with E-state index in [1.807, 2.05) is 60.7 Å². The number of hydrogen-bond acceptors (Lipinski definition) is 5. The lowest BCUT2D eigenvalue weighted by atomic mass is 9.97. The number of anilines is 1. The second-order valence-electron chi connectivity index (χ2n) is 8.10. The smallest absolute Gasteiger partial charge is 0.225 e. The Morgan fingerprint density at radius 1 is 1.12 bits per heavy atom. The highest BCUT2D eigenvalue weighted by atomic mass is 16.5. The van der Waals surface area contributed by atoms with Gasteiger partial charge in [-0.2, -0.15) is 0 Å². The highest BCUT2D eigenvalue weighted by Gasteiger charge is 2.26. The molecule has 2 heterocycles. The molecule has 1 unspecified atom stereocenters. The Bertz CT molecular complexity index is 1010. The van der Waals surface area contributed by atoms with Crippen LogP contribution in [0.3, 0.4) is 0 Å². The lowest BCUT2D eigenvalue weighted by Crippen LogP contribution is -2.43. The number of nitrogens with one attached hydrogen (secondary N) is 1. The van der Waals surface area contributed by atoms with E-state index in [1.54, 1.807) is 6.20 Å². The molecule has 1 aliphatic heterocycles. The van der Waals surface area contributed by atoms with E-state index >= 15 is 0 Å². The van der Waals surface area contributed by atoms with Crippen LogP contribution in [0.5, 0.6) is 5.75 Å². The SMILES string of the molecule is CCCOc1ccc(CNC(=O)C2CCCN(c3ccnc(-c4ccccc4)n3)C2)cc1. The number of ether oxygens (including phenoxy) is 1. The standard InChI is InChI=1S/C26H30N4O2/c1-2-17-32-23-12-10-20(11-13-23)18-28-26(31)22-9-6-16-30(19-22)24-14-15-27-25(29-24)21-7-4-3-5-8-21/h3-5,7-8,10-15,22H,2,6,9,16-19H2,1H3,(H,28,31). The van der Waals surface area contributed by atoms with Crippen LogP contribution in [0.2, 0.25) is 0 Å². The molecule has 4 rings (SSSR count). The first-order valence-electron chi connectivity index (χ1n) is 11.4. The summed E-state index contributed by atoms with van der Waals surface area (Å²) in [5, 5.41) is 3.10. The number of aromatic nitrogens is 2. The third-order valence-electron chi connectivity index (χ3n) is 5.65. The molecule has 1 amide bonds. The van der Waals surface area contributed by atoms with Crippen LogP contribution in [-0.2, 0) is 11.3 Å². The summed E-state index contributed by atoms with van der Waals surface area (Å²) in [7, 11) is 0. The van der Waals surface area contributed by atoms with Gasteiger partial charge in [0.1, 0.15) is 11.6 Å². The maximum absolute atomic E-state index is 12.8. The number of carbonyl (C=O) groups is 1. The maximum atomic E-state index is 12.8. The van der Waals surface area contributed by atoms with Gasteiger partial charge in [0.2, 0.25) is 5.91 Å². The quantitative estimate of drug-likeness (QED) is 0.571. The minimum absolute atomic E-state index is 0.0500. The van der Waals surface area contributed by atoms with Gasteiger partial charge in [-0.1, -0.05) is 49.4 Å². The minimum atomic E-state index is -0.0500. The lowest BCUT2D eigenvalue weighted by Gasteiger charge is -2.33. The Morgan fingerprint density at radius 2 is 1.94 bits per heavy atom. The van der Waals surface area contributed by atoms with Crippen molar-refractivity contribution in [3.63, 3.8) is 0 Å². The normalized spacial score (nSPS) is 15.9. The van der Waals surface area contributed by atoms with Gasteiger partial charge in [0.15, 0.2) is 5.82 Å². The second-order valence-corrected chi connectivity index (χ2v) is 8.10. The first-order chi connectivity index (χ1) is 15.7. The van der Waals surface area contributed by atoms with Gasteiger partial charge in [-0.15, -0.1) is 0 Å². The van der Waals surface area contributed by atoms with E-state index < -0.39 is 0 Å². The highest BCUT2D eigenvalue weighted by molar-refractivity contribution is 5.79. The summed E-state index contributed by atoms with van der Waals surface area (Å²) in [6, 6.07) is 19.8. The van der Waals surface area contributed by atoms with Crippen LogP contribution in [0.25, 0.3) is 11.4 Å². The zero-order chi connectivity index (χ0) is 22.2.